The van der Waals surface area contributed by atoms with Gasteiger partial charge in [0.05, 0.1) is 12.2 Å². The number of nitrogens with one attached hydrogen (secondary N) is 1. The molecule has 3 aromatic rings. The van der Waals surface area contributed by atoms with E-state index in [1.807, 2.05) is 12.1 Å². The quantitative estimate of drug-likeness (QED) is 0.699. The zero-order chi connectivity index (χ0) is 15.3. The second kappa shape index (κ2) is 4.70. The number of rotatable bonds is 1. The van der Waals surface area contributed by atoms with E-state index < -0.39 is 0 Å². The van der Waals surface area contributed by atoms with Crippen molar-refractivity contribution < 1.29 is 14.0 Å². The number of hydrogen-bond donors (Lipinski definition) is 1. The van der Waals surface area contributed by atoms with Crippen LogP contribution in [0.5, 0.6) is 0 Å². The summed E-state index contributed by atoms with van der Waals surface area (Å²) in [6, 6.07) is 10.2. The van der Waals surface area contributed by atoms with Crippen molar-refractivity contribution in [3.8, 4) is 0 Å². The molecule has 1 N–H and O–H groups in total. The minimum Gasteiger partial charge on any atom is -0.464 e. The Labute approximate surface area is 127 Å². The van der Waals surface area contributed by atoms with Crippen molar-refractivity contribution in [2.24, 2.45) is 0 Å². The molecule has 1 unspecified atom stereocenters. The molecule has 0 radical (unpaired) electrons. The summed E-state index contributed by atoms with van der Waals surface area (Å²) in [7, 11) is 0. The number of carbonyl (C=O) groups is 2. The van der Waals surface area contributed by atoms with Crippen LogP contribution in [0.15, 0.2) is 41.0 Å². The predicted molar refractivity (Wildman–Crippen MR) is 83.6 cm³/mol. The molecule has 2 heterocycles. The first kappa shape index (κ1) is 13.1. The molecular weight excluding hydrogens is 278 g/mol. The first-order valence-electron chi connectivity index (χ1n) is 7.37. The Hall–Kier alpha value is -2.62. The average Bonchev–Trinajstić information content (AvgIpc) is 2.91. The van der Waals surface area contributed by atoms with E-state index in [0.29, 0.717) is 12.8 Å². The van der Waals surface area contributed by atoms with Crippen molar-refractivity contribution in [2.45, 2.75) is 25.7 Å². The Morgan fingerprint density at radius 2 is 2.05 bits per heavy atom. The Morgan fingerprint density at radius 1 is 1.18 bits per heavy atom. The van der Waals surface area contributed by atoms with Crippen LogP contribution in [-0.2, 0) is 9.59 Å². The van der Waals surface area contributed by atoms with Gasteiger partial charge >= 0.3 is 0 Å². The van der Waals surface area contributed by atoms with E-state index in [1.54, 1.807) is 6.26 Å². The third-order valence-electron chi connectivity index (χ3n) is 4.35. The van der Waals surface area contributed by atoms with Crippen molar-refractivity contribution in [2.75, 3.05) is 0 Å². The summed E-state index contributed by atoms with van der Waals surface area (Å²) < 4.78 is 5.65. The highest BCUT2D eigenvalue weighted by Gasteiger charge is 2.30. The van der Waals surface area contributed by atoms with Crippen LogP contribution in [-0.4, -0.2) is 11.8 Å². The monoisotopic (exact) mass is 293 g/mol. The molecule has 4 heteroatoms. The number of benzene rings is 2. The van der Waals surface area contributed by atoms with Crippen molar-refractivity contribution >= 4 is 33.6 Å². The number of fused-ring (bicyclic) bond motifs is 3. The molecule has 1 saturated heterocycles. The average molecular weight is 293 g/mol. The first-order chi connectivity index (χ1) is 10.6. The maximum absolute atomic E-state index is 12.2. The fourth-order valence-electron chi connectivity index (χ4n) is 3.26. The molecule has 0 aliphatic carbocycles. The zero-order valence-electron chi connectivity index (χ0n) is 12.2. The second-order valence-corrected chi connectivity index (χ2v) is 5.86. The van der Waals surface area contributed by atoms with Crippen LogP contribution in [0, 0.1) is 6.92 Å². The number of aryl methyl sites for hydroxylation is 1. The molecule has 4 nitrogen and oxygen atoms in total. The molecule has 4 rings (SSSR count). The Kier molecular flexibility index (Phi) is 2.79. The Morgan fingerprint density at radius 3 is 2.86 bits per heavy atom. The lowest BCUT2D eigenvalue weighted by Crippen LogP contribution is -2.39. The predicted octanol–water partition coefficient (Wildman–Crippen LogP) is 3.41. The van der Waals surface area contributed by atoms with Crippen LogP contribution in [0.3, 0.4) is 0 Å². The van der Waals surface area contributed by atoms with Gasteiger partial charge < -0.3 is 4.42 Å². The summed E-state index contributed by atoms with van der Waals surface area (Å²) in [6.45, 7) is 2.06. The highest BCUT2D eigenvalue weighted by molar-refractivity contribution is 6.10. The van der Waals surface area contributed by atoms with Gasteiger partial charge in [-0.2, -0.15) is 0 Å². The van der Waals surface area contributed by atoms with Crippen LogP contribution in [0.1, 0.15) is 29.9 Å². The number of furan rings is 1. The van der Waals surface area contributed by atoms with E-state index in [9.17, 15) is 9.59 Å². The highest BCUT2D eigenvalue weighted by Crippen LogP contribution is 2.36. The molecule has 1 fully saturated rings. The van der Waals surface area contributed by atoms with Gasteiger partial charge in [-0.25, -0.2) is 0 Å². The first-order valence-corrected chi connectivity index (χ1v) is 7.37. The lowest BCUT2D eigenvalue weighted by molar-refractivity contribution is -0.134. The van der Waals surface area contributed by atoms with Gasteiger partial charge in [0.15, 0.2) is 0 Å². The molecule has 0 bridgehead atoms. The summed E-state index contributed by atoms with van der Waals surface area (Å²) in [5.74, 6) is -0.761. The number of amides is 2. The van der Waals surface area contributed by atoms with Gasteiger partial charge in [-0.05, 0) is 30.2 Å². The summed E-state index contributed by atoms with van der Waals surface area (Å²) in [6.07, 6.45) is 2.55. The SMILES string of the molecule is Cc1ccc2c(ccc3occ(C4CCC(=O)NC4=O)c32)c1. The van der Waals surface area contributed by atoms with Gasteiger partial charge in [0.25, 0.3) is 0 Å². The standard InChI is InChI=1S/C18H15NO3/c1-10-2-4-12-11(8-10)3-6-15-17(12)14(9-22-15)13-5-7-16(20)19-18(13)21/h2-4,6,8-9,13H,5,7H2,1H3,(H,19,20,21). The number of imide groups is 1. The van der Waals surface area contributed by atoms with Crippen LogP contribution in [0.2, 0.25) is 0 Å². The third kappa shape index (κ3) is 1.91. The summed E-state index contributed by atoms with van der Waals surface area (Å²) in [4.78, 5) is 23.5. The van der Waals surface area contributed by atoms with Gasteiger partial charge in [0, 0.05) is 17.4 Å². The van der Waals surface area contributed by atoms with E-state index in [-0.39, 0.29) is 17.7 Å². The highest BCUT2D eigenvalue weighted by atomic mass is 16.3. The lowest BCUT2D eigenvalue weighted by Gasteiger charge is -2.20. The fraction of sp³-hybridized carbons (Fsp3) is 0.222. The van der Waals surface area contributed by atoms with E-state index in [1.165, 1.54) is 5.56 Å². The maximum Gasteiger partial charge on any atom is 0.234 e. The normalized spacial score (nSPS) is 18.9. The number of hydrogen-bond acceptors (Lipinski definition) is 3. The van der Waals surface area contributed by atoms with Crippen LogP contribution in [0.4, 0.5) is 0 Å². The summed E-state index contributed by atoms with van der Waals surface area (Å²) >= 11 is 0. The van der Waals surface area contributed by atoms with Gasteiger partial charge in [-0.15, -0.1) is 0 Å². The van der Waals surface area contributed by atoms with Crippen LogP contribution >= 0.6 is 0 Å². The minimum absolute atomic E-state index is 0.200. The molecule has 22 heavy (non-hydrogen) atoms. The maximum atomic E-state index is 12.2. The molecule has 0 saturated carbocycles. The molecule has 110 valence electrons. The Balaban J connectivity index is 1.95. The topological polar surface area (TPSA) is 59.3 Å². The van der Waals surface area contributed by atoms with E-state index in [0.717, 1.165) is 27.3 Å². The fourth-order valence-corrected chi connectivity index (χ4v) is 3.26. The van der Waals surface area contributed by atoms with Gasteiger partial charge in [0.2, 0.25) is 11.8 Å². The van der Waals surface area contributed by atoms with Crippen LogP contribution < -0.4 is 5.32 Å². The van der Waals surface area contributed by atoms with E-state index in [2.05, 4.69) is 30.4 Å². The second-order valence-electron chi connectivity index (χ2n) is 5.86. The van der Waals surface area contributed by atoms with E-state index in [4.69, 9.17) is 4.42 Å². The van der Waals surface area contributed by atoms with Gasteiger partial charge in [-0.3, -0.25) is 14.9 Å². The molecule has 1 atom stereocenters. The minimum atomic E-state index is -0.328. The molecule has 0 spiro atoms. The van der Waals surface area contributed by atoms with Crippen molar-refractivity contribution in [1.29, 1.82) is 0 Å². The van der Waals surface area contributed by atoms with E-state index >= 15 is 0 Å². The van der Waals surface area contributed by atoms with Crippen LogP contribution in [0.25, 0.3) is 21.7 Å². The zero-order valence-corrected chi connectivity index (χ0v) is 12.2. The largest absolute Gasteiger partial charge is 0.464 e. The van der Waals surface area contributed by atoms with Gasteiger partial charge in [0.1, 0.15) is 5.58 Å². The molecule has 1 aromatic heterocycles. The Bertz CT molecular complexity index is 923. The molecular formula is C18H15NO3. The number of piperidine rings is 1. The summed E-state index contributed by atoms with van der Waals surface area (Å²) in [5.41, 5.74) is 2.84. The lowest BCUT2D eigenvalue weighted by atomic mass is 9.88. The third-order valence-corrected chi connectivity index (χ3v) is 4.35. The van der Waals surface area contributed by atoms with Gasteiger partial charge in [-0.1, -0.05) is 29.8 Å². The molecule has 1 aliphatic heterocycles. The van der Waals surface area contributed by atoms with Crippen molar-refractivity contribution in [3.05, 3.63) is 47.7 Å². The summed E-state index contributed by atoms with van der Waals surface area (Å²) in [5, 5.41) is 5.61. The number of carbonyl (C=O) groups excluding carboxylic acids is 2. The van der Waals surface area contributed by atoms with Crippen molar-refractivity contribution in [1.82, 2.24) is 5.32 Å². The smallest absolute Gasteiger partial charge is 0.234 e. The molecule has 1 aliphatic rings. The molecule has 2 aromatic carbocycles. The van der Waals surface area contributed by atoms with Crippen molar-refractivity contribution in [3.63, 3.8) is 0 Å². The molecule has 2 amide bonds.